The highest BCUT2D eigenvalue weighted by molar-refractivity contribution is 7.14. The number of methoxy groups -OCH3 is 1. The number of carbonyl (C=O) groups excluding carboxylic acids is 2. The first-order valence-electron chi connectivity index (χ1n) is 9.55. The fraction of sp³-hybridized carbons (Fsp3) is 0.450. The number of hydrogen-bond acceptors (Lipinski definition) is 6. The smallest absolute Gasteiger partial charge is 0.273 e. The molecule has 7 nitrogen and oxygen atoms in total. The third-order valence-electron chi connectivity index (χ3n) is 4.44. The number of rotatable bonds is 10. The Labute approximate surface area is 169 Å². The van der Waals surface area contributed by atoms with Crippen LogP contribution in [0.5, 0.6) is 5.75 Å². The van der Waals surface area contributed by atoms with Crippen molar-refractivity contribution >= 4 is 34.0 Å². The molecule has 1 aliphatic rings. The predicted molar refractivity (Wildman–Crippen MR) is 110 cm³/mol. The zero-order chi connectivity index (χ0) is 19.9. The lowest BCUT2D eigenvalue weighted by Crippen LogP contribution is -2.37. The molecule has 0 atom stereocenters. The third kappa shape index (κ3) is 5.45. The number of carbonyl (C=O) groups is 2. The summed E-state index contributed by atoms with van der Waals surface area (Å²) < 4.78 is 5.22. The molecule has 0 aliphatic heterocycles. The van der Waals surface area contributed by atoms with Gasteiger partial charge in [-0.15, -0.1) is 11.3 Å². The van der Waals surface area contributed by atoms with E-state index in [9.17, 15) is 9.59 Å². The molecule has 1 fully saturated rings. The van der Waals surface area contributed by atoms with Crippen LogP contribution in [0, 0.1) is 0 Å². The average Bonchev–Trinajstić information content (AvgIpc) is 3.44. The van der Waals surface area contributed by atoms with Crippen molar-refractivity contribution in [3.63, 3.8) is 0 Å². The summed E-state index contributed by atoms with van der Waals surface area (Å²) in [5.74, 6) is 0.624. The highest BCUT2D eigenvalue weighted by Crippen LogP contribution is 2.30. The van der Waals surface area contributed by atoms with Gasteiger partial charge in [-0.2, -0.15) is 0 Å². The van der Waals surface area contributed by atoms with Crippen LogP contribution in [0.2, 0.25) is 0 Å². The molecule has 0 radical (unpaired) electrons. The van der Waals surface area contributed by atoms with Crippen molar-refractivity contribution in [2.45, 2.75) is 38.6 Å². The molecule has 1 saturated carbocycles. The van der Waals surface area contributed by atoms with Gasteiger partial charge in [0.25, 0.3) is 5.91 Å². The molecule has 0 unspecified atom stereocenters. The molecular formula is C20H26N4O3S. The van der Waals surface area contributed by atoms with Crippen LogP contribution in [0.25, 0.3) is 0 Å². The third-order valence-corrected chi connectivity index (χ3v) is 5.20. The number of hydrogen-bond donors (Lipinski definition) is 2. The van der Waals surface area contributed by atoms with Crippen molar-refractivity contribution in [1.29, 1.82) is 0 Å². The maximum absolute atomic E-state index is 12.9. The largest absolute Gasteiger partial charge is 0.497 e. The molecule has 3 rings (SSSR count). The molecule has 1 aromatic heterocycles. The number of nitrogens with one attached hydrogen (secondary N) is 2. The summed E-state index contributed by atoms with van der Waals surface area (Å²) in [6.45, 7) is 3.11. The topological polar surface area (TPSA) is 83.6 Å². The molecule has 2 N–H and O–H groups in total. The molecule has 0 spiro atoms. The minimum absolute atomic E-state index is 0.0149. The van der Waals surface area contributed by atoms with Gasteiger partial charge < -0.3 is 20.3 Å². The summed E-state index contributed by atoms with van der Waals surface area (Å²) in [6, 6.07) is 7.76. The molecule has 0 bridgehead atoms. The molecule has 8 heteroatoms. The Hall–Kier alpha value is -2.61. The van der Waals surface area contributed by atoms with Gasteiger partial charge in [0.15, 0.2) is 5.13 Å². The molecule has 28 heavy (non-hydrogen) atoms. The maximum Gasteiger partial charge on any atom is 0.273 e. The normalized spacial score (nSPS) is 13.1. The Morgan fingerprint density at radius 3 is 2.89 bits per heavy atom. The van der Waals surface area contributed by atoms with Crippen molar-refractivity contribution < 1.29 is 14.3 Å². The van der Waals surface area contributed by atoms with Gasteiger partial charge in [-0.1, -0.05) is 13.0 Å². The first-order valence-corrected chi connectivity index (χ1v) is 10.4. The highest BCUT2D eigenvalue weighted by atomic mass is 32.1. The Morgan fingerprint density at radius 1 is 1.36 bits per heavy atom. The lowest BCUT2D eigenvalue weighted by molar-refractivity contribution is -0.121. The first kappa shape index (κ1) is 20.1. The van der Waals surface area contributed by atoms with Crippen LogP contribution in [-0.2, 0) is 4.79 Å². The standard InChI is InChI=1S/C20H26N4O3S/c1-3-10-21-18(25)9-11-24(15-7-8-15)19(26)17-13-28-20(23-17)22-14-5-4-6-16(12-14)27-2/h4-6,12-13,15H,3,7-11H2,1-2H3,(H,21,25)(H,22,23). The van der Waals surface area contributed by atoms with E-state index in [4.69, 9.17) is 4.74 Å². The molecule has 2 amide bonds. The fourth-order valence-corrected chi connectivity index (χ4v) is 3.52. The molecule has 1 aromatic carbocycles. The van der Waals surface area contributed by atoms with E-state index in [0.717, 1.165) is 30.7 Å². The Kier molecular flexibility index (Phi) is 6.86. The van der Waals surface area contributed by atoms with Crippen molar-refractivity contribution in [2.75, 3.05) is 25.5 Å². The number of thiazole rings is 1. The quantitative estimate of drug-likeness (QED) is 0.636. The lowest BCUT2D eigenvalue weighted by atomic mass is 10.3. The van der Waals surface area contributed by atoms with Gasteiger partial charge in [0.1, 0.15) is 11.4 Å². The van der Waals surface area contributed by atoms with Crippen molar-refractivity contribution in [1.82, 2.24) is 15.2 Å². The second kappa shape index (κ2) is 9.54. The Bertz CT molecular complexity index is 819. The fourth-order valence-electron chi connectivity index (χ4n) is 2.81. The summed E-state index contributed by atoms with van der Waals surface area (Å²) in [5, 5.41) is 8.47. The van der Waals surface area contributed by atoms with Crippen LogP contribution in [0.3, 0.4) is 0 Å². The van der Waals surface area contributed by atoms with Crippen molar-refractivity contribution in [2.24, 2.45) is 0 Å². The predicted octanol–water partition coefficient (Wildman–Crippen LogP) is 3.42. The molecular weight excluding hydrogens is 376 g/mol. The van der Waals surface area contributed by atoms with Crippen LogP contribution in [0.1, 0.15) is 43.1 Å². The van der Waals surface area contributed by atoms with E-state index in [1.807, 2.05) is 31.2 Å². The monoisotopic (exact) mass is 402 g/mol. The van der Waals surface area contributed by atoms with E-state index in [-0.39, 0.29) is 17.9 Å². The van der Waals surface area contributed by atoms with Gasteiger partial charge in [0.2, 0.25) is 5.91 Å². The van der Waals surface area contributed by atoms with Crippen LogP contribution >= 0.6 is 11.3 Å². The summed E-state index contributed by atoms with van der Waals surface area (Å²) in [4.78, 5) is 31.0. The highest BCUT2D eigenvalue weighted by Gasteiger charge is 2.34. The number of ether oxygens (including phenoxy) is 1. The molecule has 1 aliphatic carbocycles. The van der Waals surface area contributed by atoms with E-state index in [0.29, 0.717) is 30.3 Å². The minimum atomic E-state index is -0.110. The van der Waals surface area contributed by atoms with E-state index in [1.54, 1.807) is 17.4 Å². The summed E-state index contributed by atoms with van der Waals surface area (Å²) in [7, 11) is 1.62. The first-order chi connectivity index (χ1) is 13.6. The number of aromatic nitrogens is 1. The maximum atomic E-state index is 12.9. The van der Waals surface area contributed by atoms with E-state index in [2.05, 4.69) is 15.6 Å². The van der Waals surface area contributed by atoms with Gasteiger partial charge in [-0.25, -0.2) is 4.98 Å². The van der Waals surface area contributed by atoms with E-state index in [1.165, 1.54) is 11.3 Å². The summed E-state index contributed by atoms with van der Waals surface area (Å²) in [6.07, 6.45) is 3.20. The van der Waals surface area contributed by atoms with Crippen LogP contribution in [0.4, 0.5) is 10.8 Å². The second-order valence-electron chi connectivity index (χ2n) is 6.72. The van der Waals surface area contributed by atoms with Gasteiger partial charge in [0.05, 0.1) is 7.11 Å². The van der Waals surface area contributed by atoms with Gasteiger partial charge in [0, 0.05) is 42.7 Å². The molecule has 0 saturated heterocycles. The van der Waals surface area contributed by atoms with Gasteiger partial charge in [-0.3, -0.25) is 9.59 Å². The molecule has 1 heterocycles. The van der Waals surface area contributed by atoms with E-state index >= 15 is 0 Å². The van der Waals surface area contributed by atoms with Crippen molar-refractivity contribution in [3.8, 4) is 5.75 Å². The van der Waals surface area contributed by atoms with Gasteiger partial charge >= 0.3 is 0 Å². The average molecular weight is 403 g/mol. The Balaban J connectivity index is 1.61. The lowest BCUT2D eigenvalue weighted by Gasteiger charge is -2.21. The van der Waals surface area contributed by atoms with E-state index < -0.39 is 0 Å². The van der Waals surface area contributed by atoms with Crippen LogP contribution in [0.15, 0.2) is 29.6 Å². The van der Waals surface area contributed by atoms with Crippen LogP contribution < -0.4 is 15.4 Å². The minimum Gasteiger partial charge on any atom is -0.497 e. The molecule has 2 aromatic rings. The number of nitrogens with zero attached hydrogens (tertiary/aromatic N) is 2. The van der Waals surface area contributed by atoms with Crippen LogP contribution in [-0.4, -0.2) is 47.9 Å². The number of amides is 2. The Morgan fingerprint density at radius 2 is 2.18 bits per heavy atom. The second-order valence-corrected chi connectivity index (χ2v) is 7.58. The number of benzene rings is 1. The summed E-state index contributed by atoms with van der Waals surface area (Å²) >= 11 is 1.38. The van der Waals surface area contributed by atoms with Crippen molar-refractivity contribution in [3.05, 3.63) is 35.3 Å². The zero-order valence-electron chi connectivity index (χ0n) is 16.2. The molecule has 150 valence electrons. The summed E-state index contributed by atoms with van der Waals surface area (Å²) in [5.41, 5.74) is 1.26. The zero-order valence-corrected chi connectivity index (χ0v) is 17.1. The SMILES string of the molecule is CCCNC(=O)CCN(C(=O)c1csc(Nc2cccc(OC)c2)n1)C1CC1. The van der Waals surface area contributed by atoms with Gasteiger partial charge in [-0.05, 0) is 31.4 Å². The number of anilines is 2.